The smallest absolute Gasteiger partial charge is 0.163 e. The van der Waals surface area contributed by atoms with E-state index in [1.807, 2.05) is 6.07 Å². The first-order valence-corrected chi connectivity index (χ1v) is 8.33. The average Bonchev–Trinajstić information content (AvgIpc) is 2.76. The average molecular weight is 282 g/mol. The summed E-state index contributed by atoms with van der Waals surface area (Å²) in [4.78, 5) is 11.5. The molecule has 0 saturated heterocycles. The number of ether oxygens (including phenoxy) is 1. The summed E-state index contributed by atoms with van der Waals surface area (Å²) in [5, 5.41) is 0. The first kappa shape index (κ1) is 14.1. The summed E-state index contributed by atoms with van der Waals surface area (Å²) in [5.41, 5.74) is 1.82. The Hall–Kier alpha value is -1.36. The Kier molecular flexibility index (Phi) is 4.24. The second-order valence-electron chi connectivity index (χ2n) is 4.68. The molecule has 0 amide bonds. The summed E-state index contributed by atoms with van der Waals surface area (Å²) in [6.45, 7) is 2.03. The van der Waals surface area contributed by atoms with Gasteiger partial charge >= 0.3 is 0 Å². The number of ketones is 1. The Morgan fingerprint density at radius 3 is 2.79 bits per heavy atom. The largest absolute Gasteiger partial charge is 0.494 e. The second-order valence-corrected chi connectivity index (χ2v) is 7.15. The summed E-state index contributed by atoms with van der Waals surface area (Å²) in [6.07, 6.45) is 1.84. The molecule has 0 bridgehead atoms. The molecule has 1 aliphatic carbocycles. The molecule has 1 aromatic carbocycles. The molecule has 2 rings (SSSR count). The van der Waals surface area contributed by atoms with E-state index in [0.29, 0.717) is 25.2 Å². The van der Waals surface area contributed by atoms with E-state index in [-0.39, 0.29) is 17.3 Å². The highest BCUT2D eigenvalue weighted by Crippen LogP contribution is 2.26. The van der Waals surface area contributed by atoms with E-state index >= 15 is 0 Å². The predicted molar refractivity (Wildman–Crippen MR) is 73.5 cm³/mol. The zero-order valence-corrected chi connectivity index (χ0v) is 11.8. The molecule has 0 spiro atoms. The molecule has 1 aromatic rings. The van der Waals surface area contributed by atoms with Crippen molar-refractivity contribution in [2.24, 2.45) is 0 Å². The first-order valence-electron chi connectivity index (χ1n) is 6.51. The standard InChI is InChI=1S/C14H18O4S/c1-2-19(16,17)9-3-8-18-12-5-6-13-11(10-12)4-7-14(13)15/h5-6,10H,2-4,7-9H2,1H3. The molecule has 0 atom stereocenters. The molecule has 104 valence electrons. The zero-order valence-electron chi connectivity index (χ0n) is 11.0. The fraction of sp³-hybridized carbons (Fsp3) is 0.500. The second kappa shape index (κ2) is 5.74. The van der Waals surface area contributed by atoms with Gasteiger partial charge in [-0.1, -0.05) is 6.92 Å². The maximum Gasteiger partial charge on any atom is 0.163 e. The number of carbonyl (C=O) groups is 1. The lowest BCUT2D eigenvalue weighted by Crippen LogP contribution is -2.11. The minimum atomic E-state index is -2.92. The minimum Gasteiger partial charge on any atom is -0.494 e. The lowest BCUT2D eigenvalue weighted by molar-refractivity contribution is 0.0994. The SMILES string of the molecule is CCS(=O)(=O)CCCOc1ccc2c(c1)CCC2=O. The van der Waals surface area contributed by atoms with Gasteiger partial charge in [-0.05, 0) is 36.6 Å². The quantitative estimate of drug-likeness (QED) is 0.749. The Bertz CT molecular complexity index is 575. The van der Waals surface area contributed by atoms with Gasteiger partial charge in [0.25, 0.3) is 0 Å². The molecule has 0 aromatic heterocycles. The fourth-order valence-electron chi connectivity index (χ4n) is 2.13. The van der Waals surface area contributed by atoms with Gasteiger partial charge in [0.1, 0.15) is 15.6 Å². The molecule has 0 heterocycles. The number of sulfone groups is 1. The van der Waals surface area contributed by atoms with E-state index in [2.05, 4.69) is 0 Å². The van der Waals surface area contributed by atoms with Crippen molar-refractivity contribution in [2.75, 3.05) is 18.1 Å². The first-order chi connectivity index (χ1) is 9.02. The summed E-state index contributed by atoms with van der Waals surface area (Å²) in [7, 11) is -2.92. The topological polar surface area (TPSA) is 60.4 Å². The molecule has 0 unspecified atom stereocenters. The number of benzene rings is 1. The van der Waals surface area contributed by atoms with Crippen LogP contribution in [0.15, 0.2) is 18.2 Å². The Morgan fingerprint density at radius 1 is 1.26 bits per heavy atom. The minimum absolute atomic E-state index is 0.160. The molecule has 0 radical (unpaired) electrons. The molecule has 19 heavy (non-hydrogen) atoms. The van der Waals surface area contributed by atoms with E-state index in [4.69, 9.17) is 4.74 Å². The van der Waals surface area contributed by atoms with Crippen molar-refractivity contribution in [2.45, 2.75) is 26.2 Å². The Labute approximate surface area is 113 Å². The van der Waals surface area contributed by atoms with Gasteiger partial charge in [-0.25, -0.2) is 8.42 Å². The van der Waals surface area contributed by atoms with Gasteiger partial charge in [-0.2, -0.15) is 0 Å². The van der Waals surface area contributed by atoms with Crippen LogP contribution in [-0.4, -0.2) is 32.3 Å². The van der Waals surface area contributed by atoms with Gasteiger partial charge < -0.3 is 4.74 Å². The third-order valence-electron chi connectivity index (χ3n) is 3.31. The molecule has 0 aliphatic heterocycles. The third kappa shape index (κ3) is 3.56. The van der Waals surface area contributed by atoms with E-state index in [0.717, 1.165) is 17.5 Å². The number of fused-ring (bicyclic) bond motifs is 1. The van der Waals surface area contributed by atoms with Crippen molar-refractivity contribution in [1.29, 1.82) is 0 Å². The lowest BCUT2D eigenvalue weighted by Gasteiger charge is -2.07. The van der Waals surface area contributed by atoms with Crippen molar-refractivity contribution in [3.05, 3.63) is 29.3 Å². The van der Waals surface area contributed by atoms with Crippen LogP contribution in [0.4, 0.5) is 0 Å². The van der Waals surface area contributed by atoms with E-state index in [1.165, 1.54) is 0 Å². The van der Waals surface area contributed by atoms with E-state index < -0.39 is 9.84 Å². The lowest BCUT2D eigenvalue weighted by atomic mass is 10.1. The molecular formula is C14H18O4S. The fourth-order valence-corrected chi connectivity index (χ4v) is 2.98. The van der Waals surface area contributed by atoms with Crippen LogP contribution in [0, 0.1) is 0 Å². The van der Waals surface area contributed by atoms with Crippen molar-refractivity contribution in [3.63, 3.8) is 0 Å². The van der Waals surface area contributed by atoms with Crippen molar-refractivity contribution in [3.8, 4) is 5.75 Å². The van der Waals surface area contributed by atoms with Crippen molar-refractivity contribution < 1.29 is 17.9 Å². The van der Waals surface area contributed by atoms with Gasteiger partial charge in [0.15, 0.2) is 5.78 Å². The summed E-state index contributed by atoms with van der Waals surface area (Å²) in [6, 6.07) is 5.45. The third-order valence-corrected chi connectivity index (χ3v) is 5.10. The molecule has 4 nitrogen and oxygen atoms in total. The van der Waals surface area contributed by atoms with Crippen LogP contribution in [0.1, 0.15) is 35.7 Å². The van der Waals surface area contributed by atoms with Gasteiger partial charge in [0.05, 0.1) is 12.4 Å². The van der Waals surface area contributed by atoms with Crippen LogP contribution in [0.2, 0.25) is 0 Å². The maximum atomic E-state index is 11.5. The van der Waals surface area contributed by atoms with Gasteiger partial charge in [0, 0.05) is 17.7 Å². The van der Waals surface area contributed by atoms with E-state index in [1.54, 1.807) is 19.1 Å². The highest BCUT2D eigenvalue weighted by Gasteiger charge is 2.19. The highest BCUT2D eigenvalue weighted by atomic mass is 32.2. The molecule has 0 fully saturated rings. The predicted octanol–water partition coefficient (Wildman–Crippen LogP) is 2.02. The number of rotatable bonds is 6. The molecule has 0 saturated carbocycles. The van der Waals surface area contributed by atoms with E-state index in [9.17, 15) is 13.2 Å². The van der Waals surface area contributed by atoms with Gasteiger partial charge in [0.2, 0.25) is 0 Å². The number of hydrogen-bond donors (Lipinski definition) is 0. The van der Waals surface area contributed by atoms with Crippen LogP contribution in [0.5, 0.6) is 5.75 Å². The number of carbonyl (C=O) groups excluding carboxylic acids is 1. The maximum absolute atomic E-state index is 11.5. The normalized spacial score (nSPS) is 14.5. The molecule has 1 aliphatic rings. The van der Waals surface area contributed by atoms with Gasteiger partial charge in [-0.3, -0.25) is 4.79 Å². The van der Waals surface area contributed by atoms with Crippen LogP contribution in [-0.2, 0) is 16.3 Å². The Morgan fingerprint density at radius 2 is 2.05 bits per heavy atom. The summed E-state index contributed by atoms with van der Waals surface area (Å²) >= 11 is 0. The van der Waals surface area contributed by atoms with Crippen LogP contribution >= 0.6 is 0 Å². The van der Waals surface area contributed by atoms with Crippen molar-refractivity contribution in [1.82, 2.24) is 0 Å². The Balaban J connectivity index is 1.86. The molecule has 5 heteroatoms. The summed E-state index contributed by atoms with van der Waals surface area (Å²) in [5.74, 6) is 1.24. The monoisotopic (exact) mass is 282 g/mol. The highest BCUT2D eigenvalue weighted by molar-refractivity contribution is 7.91. The number of hydrogen-bond acceptors (Lipinski definition) is 4. The zero-order chi connectivity index (χ0) is 13.9. The van der Waals surface area contributed by atoms with Crippen LogP contribution < -0.4 is 4.74 Å². The van der Waals surface area contributed by atoms with Gasteiger partial charge in [-0.15, -0.1) is 0 Å². The molecular weight excluding hydrogens is 264 g/mol. The van der Waals surface area contributed by atoms with Crippen LogP contribution in [0.3, 0.4) is 0 Å². The van der Waals surface area contributed by atoms with Crippen molar-refractivity contribution >= 4 is 15.6 Å². The number of aryl methyl sites for hydroxylation is 1. The summed E-state index contributed by atoms with van der Waals surface area (Å²) < 4.78 is 28.1. The number of Topliss-reactive ketones (excluding diaryl/α,β-unsaturated/α-hetero) is 1. The van der Waals surface area contributed by atoms with Crippen LogP contribution in [0.25, 0.3) is 0 Å². The molecule has 0 N–H and O–H groups in total.